The lowest BCUT2D eigenvalue weighted by molar-refractivity contribution is -0.180. The minimum absolute atomic E-state index is 0. The van der Waals surface area contributed by atoms with Gasteiger partial charge in [0.1, 0.15) is 0 Å². The molecule has 2 bridgehead atoms. The van der Waals surface area contributed by atoms with Crippen molar-refractivity contribution in [3.63, 3.8) is 0 Å². The van der Waals surface area contributed by atoms with Crippen LogP contribution in [0.5, 0.6) is 11.5 Å². The van der Waals surface area contributed by atoms with Crippen molar-refractivity contribution in [3.8, 4) is 11.5 Å². The average molecular weight is 531 g/mol. The maximum Gasteiger partial charge on any atom is 0.401 e. The molecule has 1 amide bonds. The number of fused-ring (bicyclic) bond motifs is 4. The molecular weight excluding hydrogens is 501 g/mol. The van der Waals surface area contributed by atoms with Crippen molar-refractivity contribution in [1.82, 2.24) is 9.80 Å². The molecule has 0 spiro atoms. The second-order valence-corrected chi connectivity index (χ2v) is 9.40. The number of phenolic OH excluding ortho intramolecular Hbond substituents is 2. The van der Waals surface area contributed by atoms with Crippen LogP contribution in [0.25, 0.3) is 6.08 Å². The van der Waals surface area contributed by atoms with E-state index >= 15 is 0 Å². The Balaban J connectivity index is 0.00000361. The number of furan rings is 1. The molecule has 1 aliphatic carbocycles. The van der Waals surface area contributed by atoms with E-state index in [-0.39, 0.29) is 62.2 Å². The highest BCUT2D eigenvalue weighted by molar-refractivity contribution is 5.91. The van der Waals surface area contributed by atoms with E-state index in [0.717, 1.165) is 5.56 Å². The molecule has 2 aromatic rings. The van der Waals surface area contributed by atoms with Gasteiger partial charge in [0, 0.05) is 42.8 Å². The molecule has 0 saturated carbocycles. The summed E-state index contributed by atoms with van der Waals surface area (Å²) in [5.74, 6) is -1.54. The number of hydrogen-bond acceptors (Lipinski definition) is 6. The maximum atomic E-state index is 13.3. The smallest absolute Gasteiger partial charge is 0.401 e. The SMILES string of the molecule is CN(CCC[C@]1(O)[C@H]2CCN(CC(F)(F)F)[C@@H]1Cc1ccc(O)c(O)c12)C(=O)/C=C/c1ccoc1.Cl. The lowest BCUT2D eigenvalue weighted by Crippen LogP contribution is -2.64. The molecule has 3 N–H and O–H groups in total. The predicted molar refractivity (Wildman–Crippen MR) is 129 cm³/mol. The van der Waals surface area contributed by atoms with Crippen LogP contribution < -0.4 is 0 Å². The number of aliphatic hydroxyl groups is 1. The Morgan fingerprint density at radius 3 is 2.72 bits per heavy atom. The highest BCUT2D eigenvalue weighted by atomic mass is 35.5. The van der Waals surface area contributed by atoms with Crippen molar-refractivity contribution in [2.45, 2.75) is 49.4 Å². The Morgan fingerprint density at radius 1 is 1.31 bits per heavy atom. The van der Waals surface area contributed by atoms with Crippen LogP contribution in [0.3, 0.4) is 0 Å². The van der Waals surface area contributed by atoms with Gasteiger partial charge in [0.15, 0.2) is 11.5 Å². The summed E-state index contributed by atoms with van der Waals surface area (Å²) in [6.45, 7) is -0.735. The number of benzene rings is 1. The first-order valence-corrected chi connectivity index (χ1v) is 11.5. The van der Waals surface area contributed by atoms with E-state index in [2.05, 4.69) is 0 Å². The van der Waals surface area contributed by atoms with Gasteiger partial charge in [0.2, 0.25) is 5.91 Å². The van der Waals surface area contributed by atoms with Crippen LogP contribution in [0.2, 0.25) is 0 Å². The normalized spacial score (nSPS) is 23.8. The molecular formula is C25H30ClF3N2O5. The number of alkyl halides is 3. The van der Waals surface area contributed by atoms with Crippen molar-refractivity contribution in [1.29, 1.82) is 0 Å². The first-order chi connectivity index (χ1) is 16.5. The van der Waals surface area contributed by atoms with Crippen LogP contribution in [0.15, 0.2) is 41.2 Å². The maximum absolute atomic E-state index is 13.3. The average Bonchev–Trinajstić information content (AvgIpc) is 3.29. The lowest BCUT2D eigenvalue weighted by Gasteiger charge is -2.55. The quantitative estimate of drug-likeness (QED) is 0.369. The molecule has 3 atom stereocenters. The van der Waals surface area contributed by atoms with Crippen LogP contribution in [0.4, 0.5) is 13.2 Å². The van der Waals surface area contributed by atoms with Gasteiger partial charge in [-0.2, -0.15) is 13.2 Å². The highest BCUT2D eigenvalue weighted by Crippen LogP contribution is 2.53. The Kier molecular flexibility index (Phi) is 8.32. The molecule has 0 unspecified atom stereocenters. The van der Waals surface area contributed by atoms with Crippen molar-refractivity contribution in [2.24, 2.45) is 0 Å². The third kappa shape index (κ3) is 5.66. The Labute approximate surface area is 213 Å². The molecule has 36 heavy (non-hydrogen) atoms. The summed E-state index contributed by atoms with van der Waals surface area (Å²) in [6.07, 6.45) is 2.39. The second-order valence-electron chi connectivity index (χ2n) is 9.40. The van der Waals surface area contributed by atoms with Gasteiger partial charge < -0.3 is 24.6 Å². The number of amides is 1. The minimum atomic E-state index is -4.42. The number of rotatable bonds is 7. The van der Waals surface area contributed by atoms with Crippen LogP contribution >= 0.6 is 12.4 Å². The van der Waals surface area contributed by atoms with Gasteiger partial charge in [-0.25, -0.2) is 0 Å². The molecule has 4 rings (SSSR count). The monoisotopic (exact) mass is 530 g/mol. The fourth-order valence-electron chi connectivity index (χ4n) is 5.50. The van der Waals surface area contributed by atoms with Crippen LogP contribution in [0.1, 0.15) is 41.9 Å². The zero-order valence-electron chi connectivity index (χ0n) is 19.7. The van der Waals surface area contributed by atoms with Crippen molar-refractivity contribution >= 4 is 24.4 Å². The van der Waals surface area contributed by atoms with Gasteiger partial charge in [-0.1, -0.05) is 6.07 Å². The standard InChI is InChI=1S/C25H29F3N2O5.ClH/c1-29(21(32)6-3-16-8-12-35-14-16)10-2-9-24(34)18-7-11-30(15-25(26,27)28)20(24)13-17-4-5-19(31)23(33)22(17)18;/h3-6,8,12,14,18,20,31,33-34H,2,7,9-11,13,15H2,1H3;1H/b6-3+;/t18-,20+,24-;/m0./s1. The van der Waals surface area contributed by atoms with Crippen LogP contribution in [-0.4, -0.2) is 75.5 Å². The molecule has 1 aromatic heterocycles. The first kappa shape index (κ1) is 27.9. The zero-order chi connectivity index (χ0) is 25.4. The van der Waals surface area contributed by atoms with Gasteiger partial charge in [-0.05, 0) is 56.0 Å². The van der Waals surface area contributed by atoms with E-state index in [1.54, 1.807) is 25.3 Å². The largest absolute Gasteiger partial charge is 0.504 e. The number of phenols is 2. The van der Waals surface area contributed by atoms with E-state index in [1.807, 2.05) is 0 Å². The Hall–Kier alpha value is -2.69. The Morgan fingerprint density at radius 2 is 2.06 bits per heavy atom. The molecule has 1 fully saturated rings. The Bertz CT molecular complexity index is 1090. The topological polar surface area (TPSA) is 97.4 Å². The van der Waals surface area contributed by atoms with Crippen LogP contribution in [0, 0.1) is 0 Å². The number of nitrogens with zero attached hydrogens (tertiary/aromatic N) is 2. The number of halogens is 4. The number of carbonyl (C=O) groups is 1. The molecule has 1 aliphatic heterocycles. The second kappa shape index (κ2) is 10.7. The third-order valence-electron chi connectivity index (χ3n) is 7.16. The van der Waals surface area contributed by atoms with Crippen molar-refractivity contribution in [2.75, 3.05) is 26.7 Å². The summed E-state index contributed by atoms with van der Waals surface area (Å²) in [4.78, 5) is 15.1. The molecule has 11 heteroatoms. The van der Waals surface area contributed by atoms with Crippen LogP contribution in [-0.2, 0) is 11.2 Å². The number of likely N-dealkylation sites (tertiary alicyclic amines) is 1. The molecule has 1 aromatic carbocycles. The molecule has 198 valence electrons. The number of aromatic hydroxyl groups is 2. The van der Waals surface area contributed by atoms with Gasteiger partial charge in [-0.15, -0.1) is 12.4 Å². The van der Waals surface area contributed by atoms with Gasteiger partial charge >= 0.3 is 6.18 Å². The van der Waals surface area contributed by atoms with E-state index in [0.29, 0.717) is 17.5 Å². The molecule has 2 aliphatic rings. The first-order valence-electron chi connectivity index (χ1n) is 11.5. The predicted octanol–water partition coefficient (Wildman–Crippen LogP) is 4.07. The summed E-state index contributed by atoms with van der Waals surface area (Å²) in [7, 11) is 1.61. The number of carbonyl (C=O) groups excluding carboxylic acids is 1. The number of likely N-dealkylation sites (N-methyl/N-ethyl adjacent to an activating group) is 1. The van der Waals surface area contributed by atoms with Gasteiger partial charge in [-0.3, -0.25) is 9.69 Å². The van der Waals surface area contributed by atoms with Gasteiger partial charge in [0.05, 0.1) is 24.7 Å². The van der Waals surface area contributed by atoms with Crippen molar-refractivity contribution in [3.05, 3.63) is 53.5 Å². The minimum Gasteiger partial charge on any atom is -0.504 e. The van der Waals surface area contributed by atoms with E-state index < -0.39 is 30.3 Å². The lowest BCUT2D eigenvalue weighted by atomic mass is 9.62. The fraction of sp³-hybridized carbons (Fsp3) is 0.480. The fourth-order valence-corrected chi connectivity index (χ4v) is 5.50. The molecule has 0 radical (unpaired) electrons. The highest BCUT2D eigenvalue weighted by Gasteiger charge is 2.55. The number of piperidine rings is 1. The summed E-state index contributed by atoms with van der Waals surface area (Å²) in [5, 5.41) is 32.4. The number of hydrogen-bond donors (Lipinski definition) is 3. The molecule has 1 saturated heterocycles. The van der Waals surface area contributed by atoms with E-state index in [4.69, 9.17) is 4.42 Å². The third-order valence-corrected chi connectivity index (χ3v) is 7.16. The molecule has 2 heterocycles. The summed E-state index contributed by atoms with van der Waals surface area (Å²) < 4.78 is 44.8. The zero-order valence-corrected chi connectivity index (χ0v) is 20.6. The summed E-state index contributed by atoms with van der Waals surface area (Å²) in [5.41, 5.74) is 0.215. The van der Waals surface area contributed by atoms with Crippen molar-refractivity contribution < 1.29 is 37.7 Å². The summed E-state index contributed by atoms with van der Waals surface area (Å²) >= 11 is 0. The van der Waals surface area contributed by atoms with E-state index in [9.17, 15) is 33.3 Å². The summed E-state index contributed by atoms with van der Waals surface area (Å²) in [6, 6.07) is 3.82. The molecule has 7 nitrogen and oxygen atoms in total. The van der Waals surface area contributed by atoms with Gasteiger partial charge in [0.25, 0.3) is 0 Å². The van der Waals surface area contributed by atoms with E-state index in [1.165, 1.54) is 34.5 Å².